The molecule has 0 fully saturated rings. The summed E-state index contributed by atoms with van der Waals surface area (Å²) in [4.78, 5) is 0. The van der Waals surface area contributed by atoms with Crippen LogP contribution in [0.2, 0.25) is 5.02 Å². The monoisotopic (exact) mass is 270 g/mol. The predicted molar refractivity (Wildman–Crippen MR) is 77.9 cm³/mol. The van der Waals surface area contributed by atoms with Crippen molar-refractivity contribution < 1.29 is 0 Å². The van der Waals surface area contributed by atoms with Gasteiger partial charge in [0.1, 0.15) is 0 Å². The van der Waals surface area contributed by atoms with E-state index in [9.17, 15) is 0 Å². The van der Waals surface area contributed by atoms with Gasteiger partial charge in [0.15, 0.2) is 0 Å². The van der Waals surface area contributed by atoms with E-state index in [2.05, 4.69) is 18.3 Å². The number of hydrogen-bond donors (Lipinski definition) is 1. The first kappa shape index (κ1) is 13.6. The maximum absolute atomic E-state index is 9.04. The molecule has 2 aromatic carbocycles. The predicted octanol–water partition coefficient (Wildman–Crippen LogP) is 4.06. The van der Waals surface area contributed by atoms with Crippen LogP contribution in [0.15, 0.2) is 48.5 Å². The van der Waals surface area contributed by atoms with E-state index in [1.54, 1.807) is 0 Å². The van der Waals surface area contributed by atoms with Crippen molar-refractivity contribution in [2.75, 3.05) is 0 Å². The number of nitriles is 1. The number of rotatable bonds is 4. The van der Waals surface area contributed by atoms with Crippen molar-refractivity contribution in [1.82, 2.24) is 5.32 Å². The van der Waals surface area contributed by atoms with Gasteiger partial charge in [-0.2, -0.15) is 5.26 Å². The number of hydrogen-bond acceptors (Lipinski definition) is 2. The molecule has 96 valence electrons. The summed E-state index contributed by atoms with van der Waals surface area (Å²) in [5.74, 6) is 0. The van der Waals surface area contributed by atoms with Crippen LogP contribution in [0.5, 0.6) is 0 Å². The highest BCUT2D eigenvalue weighted by atomic mass is 35.5. The van der Waals surface area contributed by atoms with Gasteiger partial charge in [-0.1, -0.05) is 41.9 Å². The SMILES string of the molecule is C[C@H](NCc1ccccc1C#N)c1ccc(Cl)cc1. The van der Waals surface area contributed by atoms with Gasteiger partial charge in [0, 0.05) is 17.6 Å². The standard InChI is InChI=1S/C16H15ClN2/c1-12(13-6-8-16(17)9-7-13)19-11-15-5-3-2-4-14(15)10-18/h2-9,12,19H,11H2,1H3/t12-/m0/s1. The minimum atomic E-state index is 0.212. The molecule has 1 N–H and O–H groups in total. The summed E-state index contributed by atoms with van der Waals surface area (Å²) in [6, 6.07) is 17.9. The van der Waals surface area contributed by atoms with Gasteiger partial charge in [-0.3, -0.25) is 0 Å². The van der Waals surface area contributed by atoms with E-state index in [0.29, 0.717) is 6.54 Å². The van der Waals surface area contributed by atoms with Crippen molar-refractivity contribution in [1.29, 1.82) is 5.26 Å². The molecule has 0 aliphatic heterocycles. The van der Waals surface area contributed by atoms with E-state index in [1.165, 1.54) is 5.56 Å². The van der Waals surface area contributed by atoms with Crippen LogP contribution in [-0.2, 0) is 6.54 Å². The Morgan fingerprint density at radius 1 is 1.16 bits per heavy atom. The first-order valence-electron chi connectivity index (χ1n) is 6.17. The second kappa shape index (κ2) is 6.38. The Balaban J connectivity index is 2.02. The lowest BCUT2D eigenvalue weighted by Gasteiger charge is -2.15. The molecule has 2 rings (SSSR count). The van der Waals surface area contributed by atoms with E-state index < -0.39 is 0 Å². The molecule has 0 saturated heterocycles. The Bertz CT molecular complexity index is 584. The largest absolute Gasteiger partial charge is 0.306 e. The number of benzene rings is 2. The van der Waals surface area contributed by atoms with E-state index in [1.807, 2.05) is 48.5 Å². The van der Waals surface area contributed by atoms with Gasteiger partial charge in [-0.15, -0.1) is 0 Å². The van der Waals surface area contributed by atoms with Crippen LogP contribution in [0.3, 0.4) is 0 Å². The fourth-order valence-corrected chi connectivity index (χ4v) is 2.04. The number of nitrogens with zero attached hydrogens (tertiary/aromatic N) is 1. The highest BCUT2D eigenvalue weighted by Crippen LogP contribution is 2.17. The van der Waals surface area contributed by atoms with Crippen LogP contribution in [0.4, 0.5) is 0 Å². The summed E-state index contributed by atoms with van der Waals surface area (Å²) in [6.45, 7) is 2.77. The normalized spacial score (nSPS) is 11.8. The lowest BCUT2D eigenvalue weighted by molar-refractivity contribution is 0.574. The van der Waals surface area contributed by atoms with Crippen LogP contribution < -0.4 is 5.32 Å². The maximum atomic E-state index is 9.04. The van der Waals surface area contributed by atoms with Gasteiger partial charge in [-0.25, -0.2) is 0 Å². The zero-order chi connectivity index (χ0) is 13.7. The quantitative estimate of drug-likeness (QED) is 0.909. The molecule has 1 atom stereocenters. The van der Waals surface area contributed by atoms with E-state index in [-0.39, 0.29) is 6.04 Å². The minimum absolute atomic E-state index is 0.212. The zero-order valence-electron chi connectivity index (χ0n) is 10.7. The van der Waals surface area contributed by atoms with Gasteiger partial charge in [-0.05, 0) is 36.2 Å². The molecule has 2 nitrogen and oxygen atoms in total. The van der Waals surface area contributed by atoms with Crippen LogP contribution in [0, 0.1) is 11.3 Å². The van der Waals surface area contributed by atoms with E-state index in [4.69, 9.17) is 16.9 Å². The summed E-state index contributed by atoms with van der Waals surface area (Å²) in [6.07, 6.45) is 0. The smallest absolute Gasteiger partial charge is 0.0995 e. The van der Waals surface area contributed by atoms with Gasteiger partial charge < -0.3 is 5.32 Å². The van der Waals surface area contributed by atoms with Crippen LogP contribution in [0.1, 0.15) is 29.7 Å². The third kappa shape index (κ3) is 3.57. The lowest BCUT2D eigenvalue weighted by atomic mass is 10.1. The molecule has 0 amide bonds. The molecule has 0 aliphatic rings. The Morgan fingerprint density at radius 3 is 2.53 bits per heavy atom. The second-order valence-corrected chi connectivity index (χ2v) is 4.86. The highest BCUT2D eigenvalue weighted by molar-refractivity contribution is 6.30. The van der Waals surface area contributed by atoms with Gasteiger partial charge in [0.2, 0.25) is 0 Å². The molecule has 0 saturated carbocycles. The summed E-state index contributed by atoms with van der Waals surface area (Å²) >= 11 is 5.87. The zero-order valence-corrected chi connectivity index (χ0v) is 11.5. The average molecular weight is 271 g/mol. The average Bonchev–Trinajstić information content (AvgIpc) is 2.45. The Hall–Kier alpha value is -1.82. The summed E-state index contributed by atoms with van der Waals surface area (Å²) < 4.78 is 0. The molecule has 0 radical (unpaired) electrons. The fourth-order valence-electron chi connectivity index (χ4n) is 1.92. The Kier molecular flexibility index (Phi) is 4.57. The molecule has 3 heteroatoms. The molecule has 0 spiro atoms. The molecule has 0 unspecified atom stereocenters. The second-order valence-electron chi connectivity index (χ2n) is 4.42. The van der Waals surface area contributed by atoms with E-state index in [0.717, 1.165) is 16.1 Å². The summed E-state index contributed by atoms with van der Waals surface area (Å²) in [5.41, 5.74) is 2.92. The van der Waals surface area contributed by atoms with E-state index >= 15 is 0 Å². The van der Waals surface area contributed by atoms with Gasteiger partial charge in [0.25, 0.3) is 0 Å². The number of nitrogens with one attached hydrogen (secondary N) is 1. The topological polar surface area (TPSA) is 35.8 Å². The lowest BCUT2D eigenvalue weighted by Crippen LogP contribution is -2.18. The van der Waals surface area contributed by atoms with Crippen LogP contribution >= 0.6 is 11.6 Å². The molecular formula is C16H15ClN2. The fraction of sp³-hybridized carbons (Fsp3) is 0.188. The Morgan fingerprint density at radius 2 is 1.84 bits per heavy atom. The maximum Gasteiger partial charge on any atom is 0.0995 e. The summed E-state index contributed by atoms with van der Waals surface area (Å²) in [5, 5.41) is 13.2. The van der Waals surface area contributed by atoms with Gasteiger partial charge >= 0.3 is 0 Å². The van der Waals surface area contributed by atoms with Crippen molar-refractivity contribution in [2.24, 2.45) is 0 Å². The van der Waals surface area contributed by atoms with Crippen LogP contribution in [0.25, 0.3) is 0 Å². The Labute approximate surface area is 118 Å². The third-order valence-electron chi connectivity index (χ3n) is 3.11. The molecule has 0 heterocycles. The molecule has 2 aromatic rings. The first-order chi connectivity index (χ1) is 9.20. The minimum Gasteiger partial charge on any atom is -0.306 e. The molecule has 0 aliphatic carbocycles. The van der Waals surface area contributed by atoms with Crippen molar-refractivity contribution in [3.05, 3.63) is 70.2 Å². The molecule has 0 aromatic heterocycles. The summed E-state index contributed by atoms with van der Waals surface area (Å²) in [7, 11) is 0. The van der Waals surface area contributed by atoms with Crippen molar-refractivity contribution in [3.63, 3.8) is 0 Å². The van der Waals surface area contributed by atoms with Gasteiger partial charge in [0.05, 0.1) is 11.6 Å². The third-order valence-corrected chi connectivity index (χ3v) is 3.36. The van der Waals surface area contributed by atoms with Crippen molar-refractivity contribution >= 4 is 11.6 Å². The molecule has 0 bridgehead atoms. The first-order valence-corrected chi connectivity index (χ1v) is 6.55. The van der Waals surface area contributed by atoms with Crippen LogP contribution in [-0.4, -0.2) is 0 Å². The van der Waals surface area contributed by atoms with Crippen molar-refractivity contribution in [2.45, 2.75) is 19.5 Å². The molecule has 19 heavy (non-hydrogen) atoms. The van der Waals surface area contributed by atoms with Crippen molar-refractivity contribution in [3.8, 4) is 6.07 Å². The number of halogens is 1. The molecular weight excluding hydrogens is 256 g/mol. The highest BCUT2D eigenvalue weighted by Gasteiger charge is 2.06.